The van der Waals surface area contributed by atoms with Gasteiger partial charge in [0.1, 0.15) is 0 Å². The number of hydrogen-bond donors (Lipinski definition) is 3. The van der Waals surface area contributed by atoms with E-state index in [1.807, 2.05) is 56.3 Å². The Labute approximate surface area is 124 Å². The molecule has 2 aromatic carbocycles. The quantitative estimate of drug-likeness (QED) is 0.805. The summed E-state index contributed by atoms with van der Waals surface area (Å²) in [6, 6.07) is 13.1. The molecule has 0 saturated heterocycles. The first kappa shape index (κ1) is 15.1. The van der Waals surface area contributed by atoms with Crippen molar-refractivity contribution < 1.29 is 9.90 Å². The molecule has 110 valence electrons. The molecule has 0 heterocycles. The number of hydrogen-bond acceptors (Lipinski definition) is 2. The Morgan fingerprint density at radius 1 is 1.00 bits per heavy atom. The summed E-state index contributed by atoms with van der Waals surface area (Å²) in [5, 5.41) is 14.5. The van der Waals surface area contributed by atoms with E-state index in [-0.39, 0.29) is 12.6 Å². The van der Waals surface area contributed by atoms with Gasteiger partial charge in [-0.15, -0.1) is 0 Å². The Balaban J connectivity index is 2.01. The van der Waals surface area contributed by atoms with Crippen LogP contribution in [0.2, 0.25) is 0 Å². The van der Waals surface area contributed by atoms with Gasteiger partial charge in [-0.05, 0) is 49.1 Å². The summed E-state index contributed by atoms with van der Waals surface area (Å²) < 4.78 is 0. The van der Waals surface area contributed by atoms with Crippen LogP contribution in [0.25, 0.3) is 0 Å². The van der Waals surface area contributed by atoms with Crippen LogP contribution in [0.1, 0.15) is 16.7 Å². The largest absolute Gasteiger partial charge is 0.396 e. The zero-order valence-electron chi connectivity index (χ0n) is 12.3. The molecule has 2 amide bonds. The molecule has 3 N–H and O–H groups in total. The van der Waals surface area contributed by atoms with Gasteiger partial charge in [0.2, 0.25) is 0 Å². The molecule has 4 nitrogen and oxygen atoms in total. The Morgan fingerprint density at radius 2 is 1.62 bits per heavy atom. The molecule has 0 saturated carbocycles. The van der Waals surface area contributed by atoms with Gasteiger partial charge in [0.05, 0.1) is 0 Å². The Morgan fingerprint density at radius 3 is 2.19 bits per heavy atom. The predicted octanol–water partition coefficient (Wildman–Crippen LogP) is 3.48. The first-order valence-electron chi connectivity index (χ1n) is 6.94. The van der Waals surface area contributed by atoms with Gasteiger partial charge in [-0.25, -0.2) is 4.79 Å². The number of urea groups is 1. The average molecular weight is 284 g/mol. The number of aliphatic hydroxyl groups excluding tert-OH is 1. The molecule has 0 radical (unpaired) electrons. The number of aryl methyl sites for hydroxylation is 2. The summed E-state index contributed by atoms with van der Waals surface area (Å²) >= 11 is 0. The van der Waals surface area contributed by atoms with Gasteiger partial charge in [0.15, 0.2) is 0 Å². The molecule has 0 unspecified atom stereocenters. The Bertz CT molecular complexity index is 601. The van der Waals surface area contributed by atoms with Crippen LogP contribution in [0.15, 0.2) is 42.5 Å². The molecule has 0 aromatic heterocycles. The molecule has 0 atom stereocenters. The fourth-order valence-corrected chi connectivity index (χ4v) is 2.17. The smallest absolute Gasteiger partial charge is 0.323 e. The maximum Gasteiger partial charge on any atom is 0.323 e. The number of aliphatic hydroxyl groups is 1. The molecule has 0 aliphatic carbocycles. The molecule has 2 aromatic rings. The van der Waals surface area contributed by atoms with E-state index in [4.69, 9.17) is 5.11 Å². The maximum absolute atomic E-state index is 12.0. The second kappa shape index (κ2) is 6.90. The van der Waals surface area contributed by atoms with Gasteiger partial charge in [-0.3, -0.25) is 0 Å². The van der Waals surface area contributed by atoms with E-state index in [0.717, 1.165) is 28.1 Å². The van der Waals surface area contributed by atoms with Crippen molar-refractivity contribution in [3.63, 3.8) is 0 Å². The van der Waals surface area contributed by atoms with Crippen molar-refractivity contribution in [1.29, 1.82) is 0 Å². The van der Waals surface area contributed by atoms with Crippen LogP contribution >= 0.6 is 0 Å². The number of para-hydroxylation sites is 1. The minimum atomic E-state index is -0.262. The van der Waals surface area contributed by atoms with E-state index in [1.165, 1.54) is 0 Å². The zero-order valence-corrected chi connectivity index (χ0v) is 12.3. The molecule has 2 rings (SSSR count). The highest BCUT2D eigenvalue weighted by molar-refractivity contribution is 6.00. The average Bonchev–Trinajstić information content (AvgIpc) is 2.45. The monoisotopic (exact) mass is 284 g/mol. The maximum atomic E-state index is 12.0. The molecular weight excluding hydrogens is 264 g/mol. The highest BCUT2D eigenvalue weighted by atomic mass is 16.3. The van der Waals surface area contributed by atoms with Crippen LogP contribution in [-0.4, -0.2) is 17.7 Å². The van der Waals surface area contributed by atoms with E-state index in [1.54, 1.807) is 0 Å². The van der Waals surface area contributed by atoms with Crippen LogP contribution in [0.4, 0.5) is 16.2 Å². The summed E-state index contributed by atoms with van der Waals surface area (Å²) in [6.07, 6.45) is 0.620. The molecular formula is C17H20N2O2. The number of benzene rings is 2. The van der Waals surface area contributed by atoms with Crippen molar-refractivity contribution in [2.75, 3.05) is 17.2 Å². The van der Waals surface area contributed by atoms with Crippen LogP contribution in [0, 0.1) is 13.8 Å². The summed E-state index contributed by atoms with van der Waals surface area (Å²) in [5.41, 5.74) is 4.66. The van der Waals surface area contributed by atoms with Gasteiger partial charge >= 0.3 is 6.03 Å². The van der Waals surface area contributed by atoms with Crippen LogP contribution in [0.5, 0.6) is 0 Å². The molecule has 0 fully saturated rings. The van der Waals surface area contributed by atoms with Crippen molar-refractivity contribution in [1.82, 2.24) is 0 Å². The highest BCUT2D eigenvalue weighted by Gasteiger charge is 2.07. The molecule has 0 aliphatic rings. The molecule has 0 spiro atoms. The van der Waals surface area contributed by atoms with Crippen molar-refractivity contribution in [3.05, 3.63) is 59.2 Å². The lowest BCUT2D eigenvalue weighted by molar-refractivity contribution is 0.262. The fraction of sp³-hybridized carbons (Fsp3) is 0.235. The van der Waals surface area contributed by atoms with E-state index in [9.17, 15) is 4.79 Å². The van der Waals surface area contributed by atoms with Crippen LogP contribution in [-0.2, 0) is 6.42 Å². The molecule has 0 aliphatic heterocycles. The normalized spacial score (nSPS) is 10.2. The third-order valence-electron chi connectivity index (χ3n) is 3.33. The lowest BCUT2D eigenvalue weighted by atomic mass is 10.1. The fourth-order valence-electron chi connectivity index (χ4n) is 2.17. The van der Waals surface area contributed by atoms with Crippen molar-refractivity contribution in [2.24, 2.45) is 0 Å². The topological polar surface area (TPSA) is 61.4 Å². The minimum Gasteiger partial charge on any atom is -0.396 e. The summed E-state index contributed by atoms with van der Waals surface area (Å²) in [5.74, 6) is 0. The van der Waals surface area contributed by atoms with Gasteiger partial charge in [-0.1, -0.05) is 30.3 Å². The second-order valence-corrected chi connectivity index (χ2v) is 5.02. The molecule has 21 heavy (non-hydrogen) atoms. The van der Waals surface area contributed by atoms with E-state index in [0.29, 0.717) is 6.42 Å². The van der Waals surface area contributed by atoms with Gasteiger partial charge in [0.25, 0.3) is 0 Å². The highest BCUT2D eigenvalue weighted by Crippen LogP contribution is 2.19. The number of anilines is 2. The Hall–Kier alpha value is -2.33. The first-order valence-corrected chi connectivity index (χ1v) is 6.94. The molecule has 0 bridgehead atoms. The summed E-state index contributed by atoms with van der Waals surface area (Å²) in [7, 11) is 0. The lowest BCUT2D eigenvalue weighted by Gasteiger charge is -2.12. The second-order valence-electron chi connectivity index (χ2n) is 5.02. The molecule has 4 heteroatoms. The van der Waals surface area contributed by atoms with Crippen molar-refractivity contribution in [2.45, 2.75) is 20.3 Å². The standard InChI is InChI=1S/C17H20N2O2/c1-12-4-3-5-13(2)16(12)19-17(21)18-15-8-6-14(7-9-15)10-11-20/h3-9,20H,10-11H2,1-2H3,(H2,18,19,21). The Kier molecular flexibility index (Phi) is 4.95. The lowest BCUT2D eigenvalue weighted by Crippen LogP contribution is -2.20. The zero-order chi connectivity index (χ0) is 15.2. The minimum absolute atomic E-state index is 0.125. The number of rotatable bonds is 4. The summed E-state index contributed by atoms with van der Waals surface area (Å²) in [6.45, 7) is 4.05. The van der Waals surface area contributed by atoms with Gasteiger partial charge < -0.3 is 15.7 Å². The van der Waals surface area contributed by atoms with E-state index < -0.39 is 0 Å². The first-order chi connectivity index (χ1) is 10.1. The number of carbonyl (C=O) groups excluding carboxylic acids is 1. The van der Waals surface area contributed by atoms with Gasteiger partial charge in [-0.2, -0.15) is 0 Å². The third-order valence-corrected chi connectivity index (χ3v) is 3.33. The van der Waals surface area contributed by atoms with Crippen LogP contribution in [0.3, 0.4) is 0 Å². The predicted molar refractivity (Wildman–Crippen MR) is 85.8 cm³/mol. The number of nitrogens with one attached hydrogen (secondary N) is 2. The van der Waals surface area contributed by atoms with Gasteiger partial charge in [0, 0.05) is 18.0 Å². The number of amides is 2. The number of carbonyl (C=O) groups is 1. The van der Waals surface area contributed by atoms with Crippen molar-refractivity contribution in [3.8, 4) is 0 Å². The van der Waals surface area contributed by atoms with Crippen LogP contribution < -0.4 is 10.6 Å². The third kappa shape index (κ3) is 4.07. The summed E-state index contributed by atoms with van der Waals surface area (Å²) in [4.78, 5) is 12.0. The van der Waals surface area contributed by atoms with E-state index in [2.05, 4.69) is 10.6 Å². The SMILES string of the molecule is Cc1cccc(C)c1NC(=O)Nc1ccc(CCO)cc1. The van der Waals surface area contributed by atoms with Crippen molar-refractivity contribution >= 4 is 17.4 Å². The van der Waals surface area contributed by atoms with E-state index >= 15 is 0 Å².